The smallest absolute Gasteiger partial charge is 0.269 e. The number of nitrogens with zero attached hydrogens (tertiary/aromatic N) is 2. The minimum absolute atomic E-state index is 0.0376. The minimum Gasteiger partial charge on any atom is -0.384 e. The highest BCUT2D eigenvalue weighted by molar-refractivity contribution is 7.99. The average molecular weight is 302 g/mol. The van der Waals surface area contributed by atoms with E-state index in [1.54, 1.807) is 12.1 Å². The number of hydrogen-bond acceptors (Lipinski definition) is 5. The molecule has 0 aliphatic heterocycles. The number of nitrogens with two attached hydrogens (primary N) is 1. The van der Waals surface area contributed by atoms with Crippen molar-refractivity contribution in [2.24, 2.45) is 5.73 Å². The molecule has 1 aromatic carbocycles. The normalized spacial score (nSPS) is 10.4. The molecule has 2 rings (SSSR count). The molecule has 0 saturated carbocycles. The summed E-state index contributed by atoms with van der Waals surface area (Å²) in [6.07, 6.45) is 0. The Labute approximate surface area is 126 Å². The number of nitro benzene ring substituents is 1. The fourth-order valence-corrected chi connectivity index (χ4v) is 3.01. The Balaban J connectivity index is 2.39. The zero-order valence-electron chi connectivity index (χ0n) is 11.6. The first-order chi connectivity index (χ1) is 9.88. The Bertz CT molecular complexity index is 714. The predicted octanol–water partition coefficient (Wildman–Crippen LogP) is 3.04. The van der Waals surface area contributed by atoms with Crippen LogP contribution in [0.4, 0.5) is 5.69 Å². The van der Waals surface area contributed by atoms with Gasteiger partial charge in [-0.3, -0.25) is 15.5 Å². The van der Waals surface area contributed by atoms with Gasteiger partial charge in [0.05, 0.1) is 10.5 Å². The van der Waals surface area contributed by atoms with Gasteiger partial charge in [-0.1, -0.05) is 11.8 Å². The summed E-state index contributed by atoms with van der Waals surface area (Å²) in [6.45, 7) is 3.75. The first-order valence-corrected chi connectivity index (χ1v) is 6.95. The summed E-state index contributed by atoms with van der Waals surface area (Å²) in [6, 6.07) is 8.08. The van der Waals surface area contributed by atoms with Crippen LogP contribution in [0.3, 0.4) is 0 Å². The van der Waals surface area contributed by atoms with Gasteiger partial charge in [-0.15, -0.1) is 0 Å². The number of benzene rings is 1. The molecule has 0 saturated heterocycles. The van der Waals surface area contributed by atoms with E-state index in [-0.39, 0.29) is 11.5 Å². The molecular formula is C14H14N4O2S. The Morgan fingerprint density at radius 1 is 1.33 bits per heavy atom. The number of hydrogen-bond donors (Lipinski definition) is 2. The predicted molar refractivity (Wildman–Crippen MR) is 81.9 cm³/mol. The van der Waals surface area contributed by atoms with Crippen LogP contribution in [-0.4, -0.2) is 15.7 Å². The molecule has 0 unspecified atom stereocenters. The maximum Gasteiger partial charge on any atom is 0.269 e. The third kappa shape index (κ3) is 3.38. The molecule has 0 amide bonds. The molecule has 0 aliphatic carbocycles. The van der Waals surface area contributed by atoms with Crippen molar-refractivity contribution in [3.8, 4) is 0 Å². The molecule has 3 N–H and O–H groups in total. The molecule has 0 aliphatic rings. The fraction of sp³-hybridized carbons (Fsp3) is 0.143. The number of nitrogens with one attached hydrogen (secondary N) is 1. The highest BCUT2D eigenvalue weighted by Crippen LogP contribution is 2.31. The standard InChI is InChI=1S/C14H14N4O2S/c1-8-7-9(2)17-14(12(8)13(15)16)21-11-5-3-10(4-6-11)18(19)20/h3-7H,1-2H3,(H3,15,16). The number of rotatable bonds is 4. The molecule has 0 atom stereocenters. The Morgan fingerprint density at radius 2 is 1.95 bits per heavy atom. The Kier molecular flexibility index (Phi) is 4.23. The van der Waals surface area contributed by atoms with Crippen LogP contribution >= 0.6 is 11.8 Å². The van der Waals surface area contributed by atoms with E-state index in [0.29, 0.717) is 10.6 Å². The number of pyridine rings is 1. The third-order valence-corrected chi connectivity index (χ3v) is 3.84. The molecule has 1 heterocycles. The molecule has 108 valence electrons. The van der Waals surface area contributed by atoms with Crippen molar-refractivity contribution >= 4 is 23.3 Å². The second kappa shape index (κ2) is 5.92. The summed E-state index contributed by atoms with van der Waals surface area (Å²) in [4.78, 5) is 15.4. The van der Waals surface area contributed by atoms with E-state index < -0.39 is 4.92 Å². The Morgan fingerprint density at radius 3 is 2.48 bits per heavy atom. The summed E-state index contributed by atoms with van der Waals surface area (Å²) in [5.41, 5.74) is 7.99. The topological polar surface area (TPSA) is 106 Å². The SMILES string of the molecule is Cc1cc(C)c(C(=N)N)c(Sc2ccc([N+](=O)[O-])cc2)n1. The lowest BCUT2D eigenvalue weighted by molar-refractivity contribution is -0.384. The molecule has 21 heavy (non-hydrogen) atoms. The fourth-order valence-electron chi connectivity index (χ4n) is 1.95. The lowest BCUT2D eigenvalue weighted by atomic mass is 10.1. The highest BCUT2D eigenvalue weighted by Gasteiger charge is 2.13. The molecule has 2 aromatic rings. The van der Waals surface area contributed by atoms with Crippen molar-refractivity contribution in [1.29, 1.82) is 5.41 Å². The maximum absolute atomic E-state index is 10.6. The molecule has 0 radical (unpaired) electrons. The van der Waals surface area contributed by atoms with Gasteiger partial charge in [-0.05, 0) is 37.6 Å². The molecule has 1 aromatic heterocycles. The summed E-state index contributed by atoms with van der Waals surface area (Å²) < 4.78 is 0. The van der Waals surface area contributed by atoms with E-state index in [2.05, 4.69) is 4.98 Å². The number of amidine groups is 1. The van der Waals surface area contributed by atoms with Crippen LogP contribution in [0.15, 0.2) is 40.3 Å². The van der Waals surface area contributed by atoms with E-state index in [1.807, 2.05) is 19.9 Å². The second-order valence-electron chi connectivity index (χ2n) is 4.53. The number of nitro groups is 1. The highest BCUT2D eigenvalue weighted by atomic mass is 32.2. The largest absolute Gasteiger partial charge is 0.384 e. The van der Waals surface area contributed by atoms with Crippen molar-refractivity contribution < 1.29 is 4.92 Å². The molecular weight excluding hydrogens is 288 g/mol. The number of nitrogen functional groups attached to an aromatic ring is 1. The van der Waals surface area contributed by atoms with Crippen molar-refractivity contribution in [2.45, 2.75) is 23.8 Å². The van der Waals surface area contributed by atoms with Crippen molar-refractivity contribution in [3.05, 3.63) is 57.3 Å². The monoisotopic (exact) mass is 302 g/mol. The molecule has 6 nitrogen and oxygen atoms in total. The first-order valence-electron chi connectivity index (χ1n) is 6.13. The van der Waals surface area contributed by atoms with Crippen LogP contribution in [0.25, 0.3) is 0 Å². The number of non-ortho nitro benzene ring substituents is 1. The summed E-state index contributed by atoms with van der Waals surface area (Å²) >= 11 is 1.34. The van der Waals surface area contributed by atoms with E-state index in [9.17, 15) is 10.1 Å². The summed E-state index contributed by atoms with van der Waals surface area (Å²) in [5.74, 6) is -0.0376. The van der Waals surface area contributed by atoms with E-state index in [0.717, 1.165) is 16.2 Å². The van der Waals surface area contributed by atoms with Gasteiger partial charge in [0, 0.05) is 22.7 Å². The molecule has 0 spiro atoms. The van der Waals surface area contributed by atoms with Gasteiger partial charge in [-0.25, -0.2) is 4.98 Å². The van der Waals surface area contributed by atoms with E-state index in [4.69, 9.17) is 11.1 Å². The van der Waals surface area contributed by atoms with Crippen LogP contribution in [0.1, 0.15) is 16.8 Å². The molecule has 0 fully saturated rings. The van der Waals surface area contributed by atoms with Crippen LogP contribution in [0.2, 0.25) is 0 Å². The average Bonchev–Trinajstić information content (AvgIpc) is 2.37. The van der Waals surface area contributed by atoms with E-state index in [1.165, 1.54) is 23.9 Å². The van der Waals surface area contributed by atoms with Gasteiger partial charge in [0.15, 0.2) is 0 Å². The number of aryl methyl sites for hydroxylation is 2. The van der Waals surface area contributed by atoms with Crippen LogP contribution in [-0.2, 0) is 0 Å². The Hall–Kier alpha value is -2.41. The van der Waals surface area contributed by atoms with Gasteiger partial charge in [0.1, 0.15) is 10.9 Å². The maximum atomic E-state index is 10.6. The van der Waals surface area contributed by atoms with Crippen LogP contribution in [0.5, 0.6) is 0 Å². The van der Waals surface area contributed by atoms with Crippen LogP contribution in [0, 0.1) is 29.4 Å². The zero-order chi connectivity index (χ0) is 15.6. The van der Waals surface area contributed by atoms with Gasteiger partial charge < -0.3 is 5.73 Å². The van der Waals surface area contributed by atoms with Crippen molar-refractivity contribution in [3.63, 3.8) is 0 Å². The van der Waals surface area contributed by atoms with Gasteiger partial charge in [0.25, 0.3) is 5.69 Å². The lowest BCUT2D eigenvalue weighted by Crippen LogP contribution is -2.15. The van der Waals surface area contributed by atoms with Crippen molar-refractivity contribution in [2.75, 3.05) is 0 Å². The van der Waals surface area contributed by atoms with Gasteiger partial charge in [0.2, 0.25) is 0 Å². The summed E-state index contributed by atoms with van der Waals surface area (Å²) in [5, 5.41) is 19.0. The van der Waals surface area contributed by atoms with Gasteiger partial charge in [-0.2, -0.15) is 0 Å². The van der Waals surface area contributed by atoms with E-state index >= 15 is 0 Å². The zero-order valence-corrected chi connectivity index (χ0v) is 12.4. The van der Waals surface area contributed by atoms with Crippen molar-refractivity contribution in [1.82, 2.24) is 4.98 Å². The lowest BCUT2D eigenvalue weighted by Gasteiger charge is -2.11. The molecule has 7 heteroatoms. The summed E-state index contributed by atoms with van der Waals surface area (Å²) in [7, 11) is 0. The quantitative estimate of drug-likeness (QED) is 0.391. The van der Waals surface area contributed by atoms with Crippen LogP contribution < -0.4 is 5.73 Å². The number of aromatic nitrogens is 1. The third-order valence-electron chi connectivity index (χ3n) is 2.84. The van der Waals surface area contributed by atoms with Gasteiger partial charge >= 0.3 is 0 Å². The first kappa shape index (κ1) is 15.0. The molecule has 0 bridgehead atoms. The second-order valence-corrected chi connectivity index (χ2v) is 5.59. The minimum atomic E-state index is -0.440.